The summed E-state index contributed by atoms with van der Waals surface area (Å²) in [7, 11) is 1.78. The van der Waals surface area contributed by atoms with Crippen LogP contribution in [0.4, 0.5) is 0 Å². The minimum absolute atomic E-state index is 0.0470. The van der Waals surface area contributed by atoms with E-state index in [1.165, 1.54) is 0 Å². The van der Waals surface area contributed by atoms with E-state index in [9.17, 15) is 9.59 Å². The van der Waals surface area contributed by atoms with E-state index in [0.29, 0.717) is 18.7 Å². The molecule has 19 heavy (non-hydrogen) atoms. The number of rotatable bonds is 3. The maximum absolute atomic E-state index is 12.3. The number of hydrogen-bond donors (Lipinski definition) is 1. The lowest BCUT2D eigenvalue weighted by Crippen LogP contribution is -2.48. The molecule has 0 radical (unpaired) electrons. The highest BCUT2D eigenvalue weighted by atomic mass is 16.2. The van der Waals surface area contributed by atoms with Crippen molar-refractivity contribution in [3.8, 4) is 0 Å². The summed E-state index contributed by atoms with van der Waals surface area (Å²) in [4.78, 5) is 25.3. The normalized spacial score (nSPS) is 19.9. The van der Waals surface area contributed by atoms with Gasteiger partial charge < -0.3 is 14.8 Å². The third kappa shape index (κ3) is 2.97. The summed E-state index contributed by atoms with van der Waals surface area (Å²) in [5.74, 6) is 0.0857. The third-order valence-electron chi connectivity index (χ3n) is 3.53. The quantitative estimate of drug-likeness (QED) is 0.896. The number of likely N-dealkylation sites (N-methyl/N-ethyl adjacent to an activating group) is 1. The van der Waals surface area contributed by atoms with Crippen LogP contribution in [-0.4, -0.2) is 40.9 Å². The van der Waals surface area contributed by atoms with Gasteiger partial charge in [0.05, 0.1) is 0 Å². The van der Waals surface area contributed by atoms with Crippen molar-refractivity contribution in [2.75, 3.05) is 13.6 Å². The van der Waals surface area contributed by atoms with Gasteiger partial charge in [-0.2, -0.15) is 0 Å². The van der Waals surface area contributed by atoms with E-state index in [0.717, 1.165) is 6.42 Å². The fraction of sp³-hybridized carbons (Fsp3) is 0.571. The van der Waals surface area contributed by atoms with Crippen LogP contribution in [0.5, 0.6) is 0 Å². The molecule has 2 rings (SSSR count). The monoisotopic (exact) mass is 263 g/mol. The zero-order valence-corrected chi connectivity index (χ0v) is 11.7. The number of nitrogens with one attached hydrogen (secondary N) is 1. The molecule has 0 bridgehead atoms. The summed E-state index contributed by atoms with van der Waals surface area (Å²) < 4.78 is 1.95. The van der Waals surface area contributed by atoms with Crippen LogP contribution in [0.1, 0.15) is 43.2 Å². The van der Waals surface area contributed by atoms with Gasteiger partial charge in [-0.1, -0.05) is 0 Å². The van der Waals surface area contributed by atoms with Gasteiger partial charge in [-0.3, -0.25) is 9.59 Å². The topological polar surface area (TPSA) is 54.3 Å². The van der Waals surface area contributed by atoms with Gasteiger partial charge in [-0.25, -0.2) is 0 Å². The van der Waals surface area contributed by atoms with Crippen molar-refractivity contribution in [1.82, 2.24) is 14.8 Å². The fourth-order valence-electron chi connectivity index (χ4n) is 2.43. The molecule has 0 spiro atoms. The highest BCUT2D eigenvalue weighted by Crippen LogP contribution is 2.13. The molecule has 1 aromatic rings. The summed E-state index contributed by atoms with van der Waals surface area (Å²) in [6.45, 7) is 4.68. The lowest BCUT2D eigenvalue weighted by Gasteiger charge is -2.30. The number of hydrogen-bond acceptors (Lipinski definition) is 2. The van der Waals surface area contributed by atoms with Crippen molar-refractivity contribution in [3.63, 3.8) is 0 Å². The number of carbonyl (C=O) groups is 2. The largest absolute Gasteiger partial charge is 0.346 e. The highest BCUT2D eigenvalue weighted by molar-refractivity contribution is 5.93. The second-order valence-electron chi connectivity index (χ2n) is 5.38. The number of carbonyl (C=O) groups excluding carboxylic acids is 2. The van der Waals surface area contributed by atoms with Crippen molar-refractivity contribution < 1.29 is 9.59 Å². The first-order chi connectivity index (χ1) is 8.99. The van der Waals surface area contributed by atoms with Gasteiger partial charge in [0.1, 0.15) is 5.69 Å². The van der Waals surface area contributed by atoms with Crippen molar-refractivity contribution in [1.29, 1.82) is 0 Å². The highest BCUT2D eigenvalue weighted by Gasteiger charge is 2.25. The first-order valence-corrected chi connectivity index (χ1v) is 6.70. The van der Waals surface area contributed by atoms with Gasteiger partial charge in [0.15, 0.2) is 0 Å². The number of nitrogens with zero attached hydrogens (tertiary/aromatic N) is 2. The summed E-state index contributed by atoms with van der Waals surface area (Å²) in [5, 5.41) is 3.01. The Morgan fingerprint density at radius 1 is 1.47 bits per heavy atom. The molecule has 1 fully saturated rings. The van der Waals surface area contributed by atoms with Gasteiger partial charge in [-0.05, 0) is 32.4 Å². The smallest absolute Gasteiger partial charge is 0.268 e. The summed E-state index contributed by atoms with van der Waals surface area (Å²) in [6, 6.07) is 4.01. The average Bonchev–Trinajstić information content (AvgIpc) is 2.83. The van der Waals surface area contributed by atoms with Gasteiger partial charge in [-0.15, -0.1) is 0 Å². The van der Waals surface area contributed by atoms with E-state index in [-0.39, 0.29) is 23.9 Å². The third-order valence-corrected chi connectivity index (χ3v) is 3.53. The van der Waals surface area contributed by atoms with E-state index in [2.05, 4.69) is 5.32 Å². The average molecular weight is 263 g/mol. The Morgan fingerprint density at radius 2 is 2.21 bits per heavy atom. The van der Waals surface area contributed by atoms with E-state index in [4.69, 9.17) is 0 Å². The minimum atomic E-state index is -0.0635. The SMILES string of the molecule is CC(C)n1cccc1C(=O)NC1CCC(=O)N(C)C1. The molecule has 1 saturated heterocycles. The lowest BCUT2D eigenvalue weighted by molar-refractivity contribution is -0.132. The molecule has 1 aromatic heterocycles. The Kier molecular flexibility index (Phi) is 3.93. The van der Waals surface area contributed by atoms with Crippen molar-refractivity contribution in [3.05, 3.63) is 24.0 Å². The molecule has 1 N–H and O–H groups in total. The molecule has 0 saturated carbocycles. The molecule has 2 amide bonds. The van der Waals surface area contributed by atoms with Crippen LogP contribution in [-0.2, 0) is 4.79 Å². The van der Waals surface area contributed by atoms with Crippen molar-refractivity contribution in [2.45, 2.75) is 38.8 Å². The Bertz CT molecular complexity index is 479. The molecular weight excluding hydrogens is 242 g/mol. The number of piperidine rings is 1. The predicted octanol–water partition coefficient (Wildman–Crippen LogP) is 1.42. The first kappa shape index (κ1) is 13.6. The molecule has 1 unspecified atom stereocenters. The van der Waals surface area contributed by atoms with Crippen LogP contribution in [0.15, 0.2) is 18.3 Å². The van der Waals surface area contributed by atoms with Crippen molar-refractivity contribution in [2.24, 2.45) is 0 Å². The molecule has 0 aromatic carbocycles. The molecule has 5 heteroatoms. The number of aromatic nitrogens is 1. The van der Waals surface area contributed by atoms with Crippen LogP contribution in [0.25, 0.3) is 0 Å². The second kappa shape index (κ2) is 5.47. The molecule has 2 heterocycles. The van der Waals surface area contributed by atoms with Gasteiger partial charge in [0.2, 0.25) is 5.91 Å². The predicted molar refractivity (Wildman–Crippen MR) is 72.9 cm³/mol. The Hall–Kier alpha value is -1.78. The zero-order valence-electron chi connectivity index (χ0n) is 11.7. The van der Waals surface area contributed by atoms with Crippen LogP contribution in [0.2, 0.25) is 0 Å². The number of likely N-dealkylation sites (tertiary alicyclic amines) is 1. The molecule has 104 valence electrons. The first-order valence-electron chi connectivity index (χ1n) is 6.70. The van der Waals surface area contributed by atoms with Crippen LogP contribution >= 0.6 is 0 Å². The standard InChI is InChI=1S/C14H21N3O2/c1-10(2)17-8-4-5-12(17)14(19)15-11-6-7-13(18)16(3)9-11/h4-5,8,10-11H,6-7,9H2,1-3H3,(H,15,19). The van der Waals surface area contributed by atoms with Crippen LogP contribution < -0.4 is 5.32 Å². The molecule has 1 aliphatic heterocycles. The van der Waals surface area contributed by atoms with Gasteiger partial charge >= 0.3 is 0 Å². The Morgan fingerprint density at radius 3 is 2.84 bits per heavy atom. The van der Waals surface area contributed by atoms with Crippen LogP contribution in [0.3, 0.4) is 0 Å². The maximum Gasteiger partial charge on any atom is 0.268 e. The fourth-order valence-corrected chi connectivity index (χ4v) is 2.43. The van der Waals surface area contributed by atoms with E-state index in [1.807, 2.05) is 36.7 Å². The molecule has 1 aliphatic rings. The van der Waals surface area contributed by atoms with E-state index >= 15 is 0 Å². The maximum atomic E-state index is 12.3. The molecule has 5 nitrogen and oxygen atoms in total. The van der Waals surface area contributed by atoms with Crippen LogP contribution in [0, 0.1) is 0 Å². The van der Waals surface area contributed by atoms with E-state index < -0.39 is 0 Å². The molecule has 1 atom stereocenters. The summed E-state index contributed by atoms with van der Waals surface area (Å²) >= 11 is 0. The molecule has 0 aliphatic carbocycles. The minimum Gasteiger partial charge on any atom is -0.346 e. The van der Waals surface area contributed by atoms with Crippen molar-refractivity contribution >= 4 is 11.8 Å². The van der Waals surface area contributed by atoms with Gasteiger partial charge in [0, 0.05) is 38.3 Å². The van der Waals surface area contributed by atoms with E-state index in [1.54, 1.807) is 11.9 Å². The molecular formula is C14H21N3O2. The Balaban J connectivity index is 2.01. The second-order valence-corrected chi connectivity index (χ2v) is 5.38. The number of amides is 2. The zero-order chi connectivity index (χ0) is 14.0. The van der Waals surface area contributed by atoms with Gasteiger partial charge in [0.25, 0.3) is 5.91 Å². The Labute approximate surface area is 113 Å². The lowest BCUT2D eigenvalue weighted by atomic mass is 10.1. The summed E-state index contributed by atoms with van der Waals surface area (Å²) in [5.41, 5.74) is 0.676. The summed E-state index contributed by atoms with van der Waals surface area (Å²) in [6.07, 6.45) is 3.14.